The zero-order chi connectivity index (χ0) is 33.5. The minimum atomic E-state index is -3.99. The number of carbonyl (C=O) groups is 2. The van der Waals surface area contributed by atoms with Gasteiger partial charge in [-0.3, -0.25) is 0 Å². The van der Waals surface area contributed by atoms with Crippen molar-refractivity contribution in [1.29, 1.82) is 0 Å². The van der Waals surface area contributed by atoms with Gasteiger partial charge in [0.25, 0.3) is 0 Å². The van der Waals surface area contributed by atoms with Gasteiger partial charge in [-0.05, 0) is 97.8 Å². The number of rotatable bonds is 9. The Hall–Kier alpha value is -3.48. The fraction of sp³-hybridized carbons (Fsp3) is 0.500. The third kappa shape index (κ3) is 6.94. The third-order valence-electron chi connectivity index (χ3n) is 9.28. The van der Waals surface area contributed by atoms with Crippen LogP contribution in [0.25, 0.3) is 10.4 Å². The molecule has 1 heterocycles. The van der Waals surface area contributed by atoms with E-state index in [1.807, 2.05) is 51.1 Å². The highest BCUT2D eigenvalue weighted by Gasteiger charge is 2.54. The van der Waals surface area contributed by atoms with Crippen LogP contribution < -0.4 is 15.4 Å². The molecule has 2 aromatic carbocycles. The molecular weight excluding hydrogens is 623 g/mol. The number of aromatic nitrogens is 1. The van der Waals surface area contributed by atoms with Crippen LogP contribution in [0, 0.1) is 0 Å². The maximum atomic E-state index is 13.8. The maximum absolute atomic E-state index is 13.8. The first-order valence-electron chi connectivity index (χ1n) is 15.8. The molecule has 12 heteroatoms. The molecule has 10 nitrogen and oxygen atoms in total. The Balaban J connectivity index is 1.41. The summed E-state index contributed by atoms with van der Waals surface area (Å²) >= 11 is 1.50. The number of anilines is 1. The molecule has 0 aliphatic heterocycles. The molecule has 3 aliphatic rings. The normalized spacial score (nSPS) is 22.0. The second kappa shape index (κ2) is 12.6. The number of hydrogen-bond acceptors (Lipinski definition) is 6. The fourth-order valence-corrected chi connectivity index (χ4v) is 10.1. The SMILES string of the molecule is CC(NC(=O)Nc1ccc(-c2cnc(C34CCC(N(C(=O)O)C(C)C)(CC3)CC4)s2)c(S(=O)(=O)NC(C)(C)C)c1)c1ccccc1. The molecule has 3 saturated carbocycles. The van der Waals surface area contributed by atoms with E-state index in [1.165, 1.54) is 17.4 Å². The molecule has 3 fully saturated rings. The zero-order valence-electron chi connectivity index (χ0n) is 27.4. The summed E-state index contributed by atoms with van der Waals surface area (Å²) in [5.41, 5.74) is 0.601. The molecule has 3 aromatic rings. The Morgan fingerprint density at radius 2 is 1.61 bits per heavy atom. The number of benzene rings is 2. The Kier molecular flexibility index (Phi) is 9.29. The van der Waals surface area contributed by atoms with Gasteiger partial charge < -0.3 is 20.6 Å². The standard InChI is InChI=1S/C34H45N5O5S2/c1-22(2)39(31(41)42)34-17-14-33(15-18-34,16-19-34)29-35-21-27(45-29)26-13-12-25(20-28(26)46(43,44)38-32(4,5)6)37-30(40)36-23(3)24-10-8-7-9-11-24/h7-13,20-23,38H,14-19H2,1-6H3,(H,41,42)(H2,36,37,40). The molecule has 0 saturated heterocycles. The van der Waals surface area contributed by atoms with Gasteiger partial charge in [-0.25, -0.2) is 27.7 Å². The lowest BCUT2D eigenvalue weighted by Crippen LogP contribution is -2.61. The van der Waals surface area contributed by atoms with E-state index in [0.717, 1.165) is 54.0 Å². The van der Waals surface area contributed by atoms with E-state index >= 15 is 0 Å². The smallest absolute Gasteiger partial charge is 0.407 e. The molecule has 1 atom stereocenters. The topological polar surface area (TPSA) is 141 Å². The number of sulfonamides is 1. The second-order valence-corrected chi connectivity index (χ2v) is 16.8. The van der Waals surface area contributed by atoms with Gasteiger partial charge in [0.15, 0.2) is 0 Å². The maximum Gasteiger partial charge on any atom is 0.407 e. The van der Waals surface area contributed by atoms with Crippen LogP contribution in [0.3, 0.4) is 0 Å². The summed E-state index contributed by atoms with van der Waals surface area (Å²) in [6.07, 6.45) is 5.76. The van der Waals surface area contributed by atoms with Crippen molar-refractivity contribution in [2.45, 2.75) is 114 Å². The van der Waals surface area contributed by atoms with Crippen molar-refractivity contribution in [3.63, 3.8) is 0 Å². The summed E-state index contributed by atoms with van der Waals surface area (Å²) in [6.45, 7) is 11.1. The van der Waals surface area contributed by atoms with Crippen LogP contribution in [0.5, 0.6) is 0 Å². The summed E-state index contributed by atoms with van der Waals surface area (Å²) in [4.78, 5) is 32.3. The number of carbonyl (C=O) groups excluding carboxylic acids is 1. The van der Waals surface area contributed by atoms with E-state index in [9.17, 15) is 23.1 Å². The minimum absolute atomic E-state index is 0.0596. The van der Waals surface area contributed by atoms with Crippen molar-refractivity contribution in [3.05, 3.63) is 65.3 Å². The minimum Gasteiger partial charge on any atom is -0.465 e. The molecule has 1 aromatic heterocycles. The van der Waals surface area contributed by atoms with Crippen LogP contribution in [0.2, 0.25) is 0 Å². The van der Waals surface area contributed by atoms with Crippen molar-refractivity contribution >= 4 is 39.2 Å². The number of hydrogen-bond donors (Lipinski definition) is 4. The van der Waals surface area contributed by atoms with Crippen LogP contribution in [-0.4, -0.2) is 52.7 Å². The molecule has 3 aliphatic carbocycles. The molecule has 46 heavy (non-hydrogen) atoms. The molecule has 0 radical (unpaired) electrons. The van der Waals surface area contributed by atoms with Crippen LogP contribution in [0.4, 0.5) is 15.3 Å². The molecule has 1 unspecified atom stereocenters. The number of thiazole rings is 1. The Labute approximate surface area is 276 Å². The molecule has 6 rings (SSSR count). The van der Waals surface area contributed by atoms with Crippen LogP contribution in [0.1, 0.15) is 96.7 Å². The Morgan fingerprint density at radius 1 is 0.978 bits per heavy atom. The largest absolute Gasteiger partial charge is 0.465 e. The first-order valence-corrected chi connectivity index (χ1v) is 18.1. The van der Waals surface area contributed by atoms with E-state index in [4.69, 9.17) is 4.98 Å². The van der Waals surface area contributed by atoms with Crippen molar-refractivity contribution < 1.29 is 23.1 Å². The van der Waals surface area contributed by atoms with E-state index in [0.29, 0.717) is 11.3 Å². The Morgan fingerprint density at radius 3 is 2.17 bits per heavy atom. The lowest BCUT2D eigenvalue weighted by Gasteiger charge is -2.57. The van der Waals surface area contributed by atoms with Crippen molar-refractivity contribution in [2.75, 3.05) is 5.32 Å². The fourth-order valence-electron chi connectivity index (χ4n) is 7.14. The number of amides is 3. The van der Waals surface area contributed by atoms with Crippen molar-refractivity contribution in [3.8, 4) is 10.4 Å². The summed E-state index contributed by atoms with van der Waals surface area (Å²) < 4.78 is 30.3. The second-order valence-electron chi connectivity index (χ2n) is 14.1. The van der Waals surface area contributed by atoms with Crippen LogP contribution in [0.15, 0.2) is 59.6 Å². The first-order chi connectivity index (χ1) is 21.5. The van der Waals surface area contributed by atoms with Gasteiger partial charge >= 0.3 is 12.1 Å². The average molecular weight is 668 g/mol. The molecule has 2 bridgehead atoms. The van der Waals surface area contributed by atoms with Gasteiger partial charge in [-0.15, -0.1) is 11.3 Å². The van der Waals surface area contributed by atoms with Crippen LogP contribution in [-0.2, 0) is 15.4 Å². The molecule has 3 amide bonds. The quantitative estimate of drug-likeness (QED) is 0.186. The van der Waals surface area contributed by atoms with Gasteiger partial charge in [-0.1, -0.05) is 36.4 Å². The summed E-state index contributed by atoms with van der Waals surface area (Å²) in [5.74, 6) is 0. The lowest BCUT2D eigenvalue weighted by atomic mass is 9.57. The Bertz CT molecular complexity index is 1670. The highest BCUT2D eigenvalue weighted by Crippen LogP contribution is 2.57. The monoisotopic (exact) mass is 667 g/mol. The number of carboxylic acid groups (broad SMARTS) is 1. The molecule has 4 N–H and O–H groups in total. The van der Waals surface area contributed by atoms with Gasteiger partial charge in [0.2, 0.25) is 10.0 Å². The van der Waals surface area contributed by atoms with Gasteiger partial charge in [0.1, 0.15) is 0 Å². The molecular formula is C34H45N5O5S2. The lowest BCUT2D eigenvalue weighted by molar-refractivity contribution is -0.0288. The summed E-state index contributed by atoms with van der Waals surface area (Å²) in [7, 11) is -3.99. The van der Waals surface area contributed by atoms with E-state index in [2.05, 4.69) is 15.4 Å². The van der Waals surface area contributed by atoms with E-state index in [-0.39, 0.29) is 27.9 Å². The third-order valence-corrected chi connectivity index (χ3v) is 12.4. The van der Waals surface area contributed by atoms with E-state index < -0.39 is 27.7 Å². The number of fused-ring (bicyclic) bond motifs is 3. The zero-order valence-corrected chi connectivity index (χ0v) is 29.0. The number of nitrogens with zero attached hydrogens (tertiary/aromatic N) is 2. The van der Waals surface area contributed by atoms with Crippen molar-refractivity contribution in [1.82, 2.24) is 19.9 Å². The predicted octanol–water partition coefficient (Wildman–Crippen LogP) is 7.50. The van der Waals surface area contributed by atoms with Crippen LogP contribution >= 0.6 is 11.3 Å². The van der Waals surface area contributed by atoms with Gasteiger partial charge in [0, 0.05) is 40.0 Å². The number of urea groups is 1. The van der Waals surface area contributed by atoms with E-state index in [1.54, 1.807) is 44.0 Å². The summed E-state index contributed by atoms with van der Waals surface area (Å²) in [5, 5.41) is 16.6. The highest BCUT2D eigenvalue weighted by molar-refractivity contribution is 7.89. The predicted molar refractivity (Wildman–Crippen MR) is 182 cm³/mol. The van der Waals surface area contributed by atoms with Gasteiger partial charge in [0.05, 0.1) is 20.8 Å². The molecule has 0 spiro atoms. The molecule has 248 valence electrons. The van der Waals surface area contributed by atoms with Gasteiger partial charge in [-0.2, -0.15) is 0 Å². The van der Waals surface area contributed by atoms with Crippen molar-refractivity contribution in [2.24, 2.45) is 0 Å². The number of nitrogens with one attached hydrogen (secondary N) is 3. The highest BCUT2D eigenvalue weighted by atomic mass is 32.2. The first kappa shape index (κ1) is 33.9. The summed E-state index contributed by atoms with van der Waals surface area (Å²) in [6, 6.07) is 13.7. The average Bonchev–Trinajstić information content (AvgIpc) is 3.48.